The Labute approximate surface area is 291 Å². The quantitative estimate of drug-likeness (QED) is 0.189. The Kier molecular flexibility index (Phi) is 9.51. The lowest BCUT2D eigenvalue weighted by atomic mass is 9.65. The molecule has 256 valence electrons. The zero-order valence-corrected chi connectivity index (χ0v) is 29.3. The van der Waals surface area contributed by atoms with Gasteiger partial charge in [-0.1, -0.05) is 119 Å². The van der Waals surface area contributed by atoms with Crippen molar-refractivity contribution in [2.45, 2.75) is 84.6 Å². The maximum Gasteiger partial charge on any atom is 0.251 e. The summed E-state index contributed by atoms with van der Waals surface area (Å²) in [5.74, 6) is 0.0617. The zero-order valence-electron chi connectivity index (χ0n) is 29.3. The summed E-state index contributed by atoms with van der Waals surface area (Å²) in [6.45, 7) is 12.1. The Morgan fingerprint density at radius 1 is 0.857 bits per heavy atom. The molecule has 1 amide bonds. The van der Waals surface area contributed by atoms with E-state index in [0.29, 0.717) is 29.0 Å². The van der Waals surface area contributed by atoms with Crippen LogP contribution in [0.2, 0.25) is 0 Å². The first-order valence-electron chi connectivity index (χ1n) is 17.9. The Hall–Kier alpha value is -3.81. The Bertz CT molecular complexity index is 1740. The fourth-order valence-corrected chi connectivity index (χ4v) is 8.99. The molecule has 1 aliphatic carbocycles. The van der Waals surface area contributed by atoms with Gasteiger partial charge in [-0.3, -0.25) is 9.69 Å². The minimum absolute atomic E-state index is 0.000888. The molecule has 4 aromatic rings. The van der Waals surface area contributed by atoms with Crippen LogP contribution in [0.1, 0.15) is 92.0 Å². The summed E-state index contributed by atoms with van der Waals surface area (Å²) in [5, 5.41) is 12.7. The van der Waals surface area contributed by atoms with E-state index in [1.165, 1.54) is 19.3 Å². The lowest BCUT2D eigenvalue weighted by Crippen LogP contribution is -2.46. The van der Waals surface area contributed by atoms with Crippen molar-refractivity contribution in [1.29, 1.82) is 0 Å². The Balaban J connectivity index is 1.11. The number of benzene rings is 4. The molecular formula is C43H50N2O4. The molecule has 4 aromatic carbocycles. The molecule has 49 heavy (non-hydrogen) atoms. The largest absolute Gasteiger partial charge is 0.392 e. The van der Waals surface area contributed by atoms with E-state index in [2.05, 4.69) is 86.4 Å². The summed E-state index contributed by atoms with van der Waals surface area (Å²) < 4.78 is 13.7. The third-order valence-corrected chi connectivity index (χ3v) is 11.0. The highest BCUT2D eigenvalue weighted by Crippen LogP contribution is 2.53. The van der Waals surface area contributed by atoms with Gasteiger partial charge in [-0.25, -0.2) is 0 Å². The molecule has 3 fully saturated rings. The predicted molar refractivity (Wildman–Crippen MR) is 194 cm³/mol. The van der Waals surface area contributed by atoms with E-state index in [0.717, 1.165) is 46.5 Å². The van der Waals surface area contributed by atoms with Gasteiger partial charge < -0.3 is 19.9 Å². The van der Waals surface area contributed by atoms with Crippen molar-refractivity contribution in [2.75, 3.05) is 13.1 Å². The van der Waals surface area contributed by atoms with Gasteiger partial charge in [0, 0.05) is 42.7 Å². The highest BCUT2D eigenvalue weighted by molar-refractivity contribution is 5.94. The number of nitrogens with one attached hydrogen (secondary N) is 1. The minimum atomic E-state index is -0.507. The fraction of sp³-hybridized carbons (Fsp3) is 0.419. The lowest BCUT2D eigenvalue weighted by Gasteiger charge is -2.43. The monoisotopic (exact) mass is 658 g/mol. The molecule has 6 nitrogen and oxygen atoms in total. The smallest absolute Gasteiger partial charge is 0.251 e. The van der Waals surface area contributed by atoms with Gasteiger partial charge in [0.25, 0.3) is 5.91 Å². The van der Waals surface area contributed by atoms with Crippen LogP contribution in [-0.4, -0.2) is 41.1 Å². The average Bonchev–Trinajstić information content (AvgIpc) is 3.35. The first kappa shape index (κ1) is 33.7. The van der Waals surface area contributed by atoms with Gasteiger partial charge in [0.2, 0.25) is 0 Å². The number of likely N-dealkylation sites (tertiary alicyclic amines) is 1. The summed E-state index contributed by atoms with van der Waals surface area (Å²) in [7, 11) is 0. The van der Waals surface area contributed by atoms with Gasteiger partial charge >= 0.3 is 0 Å². The molecule has 2 N–H and O–H groups in total. The summed E-state index contributed by atoms with van der Waals surface area (Å²) in [5.41, 5.74) is 7.57. The van der Waals surface area contributed by atoms with Crippen molar-refractivity contribution in [3.05, 3.63) is 131 Å². The van der Waals surface area contributed by atoms with Crippen LogP contribution in [-0.2, 0) is 22.6 Å². The van der Waals surface area contributed by atoms with Crippen molar-refractivity contribution in [1.82, 2.24) is 10.2 Å². The van der Waals surface area contributed by atoms with E-state index < -0.39 is 6.29 Å². The van der Waals surface area contributed by atoms with Gasteiger partial charge in [0.1, 0.15) is 0 Å². The van der Waals surface area contributed by atoms with E-state index in [9.17, 15) is 9.90 Å². The molecule has 6 heteroatoms. The highest BCUT2D eigenvalue weighted by Gasteiger charge is 2.51. The number of carbonyl (C=O) groups excluding carboxylic acids is 1. The maximum atomic E-state index is 12.8. The molecule has 2 unspecified atom stereocenters. The van der Waals surface area contributed by atoms with Crippen molar-refractivity contribution < 1.29 is 19.4 Å². The second kappa shape index (κ2) is 13.8. The average molecular weight is 659 g/mol. The molecule has 7 rings (SSSR count). The SMILES string of the molecule is C[C@@H]1[C@H](CN2CC3(C)CC2CC(C)(C)C3)O[C@H](c2ccc(-c3ccccc3CNC(=O)c3ccccc3)cc2)O[C@@H]1c1ccc(CO)cc1. The normalized spacial score (nSPS) is 27.9. The van der Waals surface area contributed by atoms with Gasteiger partial charge in [0.15, 0.2) is 6.29 Å². The molecular weight excluding hydrogens is 608 g/mol. The van der Waals surface area contributed by atoms with Gasteiger partial charge in [-0.2, -0.15) is 0 Å². The number of hydrogen-bond acceptors (Lipinski definition) is 5. The van der Waals surface area contributed by atoms with Gasteiger partial charge in [-0.15, -0.1) is 0 Å². The number of aliphatic hydroxyl groups is 1. The molecule has 0 aromatic heterocycles. The zero-order chi connectivity index (χ0) is 34.2. The summed E-state index contributed by atoms with van der Waals surface area (Å²) in [6.07, 6.45) is 3.12. The van der Waals surface area contributed by atoms with Gasteiger partial charge in [0.05, 0.1) is 18.8 Å². The molecule has 6 atom stereocenters. The van der Waals surface area contributed by atoms with Crippen molar-refractivity contribution in [3.63, 3.8) is 0 Å². The first-order chi connectivity index (χ1) is 23.6. The number of ether oxygens (including phenoxy) is 2. The Morgan fingerprint density at radius 3 is 2.29 bits per heavy atom. The van der Waals surface area contributed by atoms with Crippen molar-refractivity contribution in [2.24, 2.45) is 16.7 Å². The third kappa shape index (κ3) is 7.39. The van der Waals surface area contributed by atoms with E-state index >= 15 is 0 Å². The second-order valence-electron chi connectivity index (χ2n) is 15.8. The number of rotatable bonds is 9. The number of hydrogen-bond donors (Lipinski definition) is 2. The van der Waals surface area contributed by atoms with Crippen molar-refractivity contribution in [3.8, 4) is 11.1 Å². The lowest BCUT2D eigenvalue weighted by molar-refractivity contribution is -0.276. The number of fused-ring (bicyclic) bond motifs is 2. The topological polar surface area (TPSA) is 71.0 Å². The standard InChI is InChI=1S/C43H50N2O4/c1-29-38(25-45-28-43(4)23-36(45)22-42(2,3)27-43)48-41(49-39(29)32-16-14-30(26-46)15-17-32)34-20-18-31(19-21-34)37-13-9-8-12-35(37)24-44-40(47)33-10-6-5-7-11-33/h5-21,29,36,38-39,41,46H,22-28H2,1-4H3,(H,44,47)/t29-,36?,38+,39+,41+,43?/m1/s1. The Morgan fingerprint density at radius 2 is 1.55 bits per heavy atom. The van der Waals surface area contributed by atoms with Crippen LogP contribution in [0.15, 0.2) is 103 Å². The number of aliphatic hydroxyl groups excluding tert-OH is 1. The van der Waals surface area contributed by atoms with Crippen LogP contribution < -0.4 is 5.32 Å². The molecule has 2 bridgehead atoms. The van der Waals surface area contributed by atoms with Crippen LogP contribution in [0.25, 0.3) is 11.1 Å². The van der Waals surface area contributed by atoms with E-state index in [-0.39, 0.29) is 30.6 Å². The molecule has 3 aliphatic rings. The van der Waals surface area contributed by atoms with E-state index in [1.54, 1.807) is 0 Å². The predicted octanol–water partition coefficient (Wildman–Crippen LogP) is 8.47. The number of nitrogens with zero attached hydrogens (tertiary/aromatic N) is 1. The molecule has 0 spiro atoms. The third-order valence-electron chi connectivity index (χ3n) is 11.0. The van der Waals surface area contributed by atoms with E-state index in [4.69, 9.17) is 9.47 Å². The van der Waals surface area contributed by atoms with Crippen molar-refractivity contribution >= 4 is 5.91 Å². The van der Waals surface area contributed by atoms with Crippen LogP contribution in [0.4, 0.5) is 0 Å². The highest BCUT2D eigenvalue weighted by atomic mass is 16.7. The van der Waals surface area contributed by atoms with Crippen LogP contribution >= 0.6 is 0 Å². The molecule has 0 radical (unpaired) electrons. The van der Waals surface area contributed by atoms with Gasteiger partial charge in [-0.05, 0) is 70.0 Å². The summed E-state index contributed by atoms with van der Waals surface area (Å²) in [4.78, 5) is 15.5. The minimum Gasteiger partial charge on any atom is -0.392 e. The first-order valence-corrected chi connectivity index (χ1v) is 17.9. The molecule has 2 saturated heterocycles. The van der Waals surface area contributed by atoms with Crippen LogP contribution in [0.5, 0.6) is 0 Å². The summed E-state index contributed by atoms with van der Waals surface area (Å²) >= 11 is 0. The van der Waals surface area contributed by atoms with E-state index in [1.807, 2.05) is 54.6 Å². The maximum absolute atomic E-state index is 12.8. The van der Waals surface area contributed by atoms with Crippen LogP contribution in [0.3, 0.4) is 0 Å². The number of carbonyl (C=O) groups is 1. The molecule has 2 heterocycles. The fourth-order valence-electron chi connectivity index (χ4n) is 8.99. The molecule has 2 aliphatic heterocycles. The second-order valence-corrected chi connectivity index (χ2v) is 15.8. The summed E-state index contributed by atoms with van der Waals surface area (Å²) in [6, 6.07) is 34.8. The van der Waals surface area contributed by atoms with Crippen LogP contribution in [0, 0.1) is 16.7 Å². The number of amides is 1. The molecule has 1 saturated carbocycles.